The molecule has 2 rings (SSSR count). The number of hydrogen-bond donors (Lipinski definition) is 2. The van der Waals surface area contributed by atoms with Crippen LogP contribution in [0.25, 0.3) is 0 Å². The Morgan fingerprint density at radius 2 is 2.11 bits per heavy atom. The van der Waals surface area contributed by atoms with Gasteiger partial charge in [-0.15, -0.1) is 0 Å². The van der Waals surface area contributed by atoms with Gasteiger partial charge in [0.25, 0.3) is 0 Å². The second kappa shape index (κ2) is 5.77. The first-order valence-corrected chi connectivity index (χ1v) is 7.68. The maximum absolute atomic E-state index is 12.0. The molecule has 1 aromatic rings. The molecular formula is C12H18N2O4S. The maximum atomic E-state index is 12.0. The van der Waals surface area contributed by atoms with Crippen LogP contribution in [0, 0.1) is 0 Å². The first-order chi connectivity index (χ1) is 9.06. The van der Waals surface area contributed by atoms with Crippen molar-refractivity contribution in [1.29, 1.82) is 0 Å². The van der Waals surface area contributed by atoms with Crippen LogP contribution in [0.4, 0.5) is 0 Å². The number of sulfonamides is 1. The summed E-state index contributed by atoms with van der Waals surface area (Å²) in [5, 5.41) is -0.554. The number of nitrogens with one attached hydrogen (secondary N) is 1. The van der Waals surface area contributed by atoms with E-state index in [9.17, 15) is 8.42 Å². The van der Waals surface area contributed by atoms with Crippen LogP contribution in [0.2, 0.25) is 0 Å². The summed E-state index contributed by atoms with van der Waals surface area (Å²) >= 11 is 0. The lowest BCUT2D eigenvalue weighted by atomic mass is 10.2. The molecule has 106 valence electrons. The molecule has 7 heteroatoms. The van der Waals surface area contributed by atoms with Crippen molar-refractivity contribution in [3.63, 3.8) is 0 Å². The molecule has 0 fully saturated rings. The third-order valence-electron chi connectivity index (χ3n) is 3.07. The van der Waals surface area contributed by atoms with Gasteiger partial charge in [-0.1, -0.05) is 13.0 Å². The van der Waals surface area contributed by atoms with Crippen LogP contribution >= 0.6 is 0 Å². The van der Waals surface area contributed by atoms with E-state index in [1.54, 1.807) is 25.1 Å². The van der Waals surface area contributed by atoms with E-state index in [-0.39, 0.29) is 19.9 Å². The Kier molecular flexibility index (Phi) is 4.28. The monoisotopic (exact) mass is 286 g/mol. The molecule has 1 aliphatic heterocycles. The molecule has 0 bridgehead atoms. The van der Waals surface area contributed by atoms with Crippen molar-refractivity contribution in [2.75, 3.05) is 13.3 Å². The van der Waals surface area contributed by atoms with Crippen molar-refractivity contribution in [2.24, 2.45) is 5.73 Å². The van der Waals surface area contributed by atoms with Gasteiger partial charge in [0.2, 0.25) is 16.8 Å². The molecular weight excluding hydrogens is 268 g/mol. The molecule has 0 aromatic heterocycles. The zero-order valence-corrected chi connectivity index (χ0v) is 11.6. The zero-order chi connectivity index (χ0) is 13.9. The Labute approximate surface area is 112 Å². The minimum atomic E-state index is -3.38. The maximum Gasteiger partial charge on any atom is 0.231 e. The summed E-state index contributed by atoms with van der Waals surface area (Å²) in [5.74, 6) is 1.32. The Bertz CT molecular complexity index is 541. The van der Waals surface area contributed by atoms with Crippen molar-refractivity contribution in [3.8, 4) is 11.5 Å². The Hall–Kier alpha value is -1.31. The lowest BCUT2D eigenvalue weighted by Crippen LogP contribution is -2.38. The van der Waals surface area contributed by atoms with E-state index >= 15 is 0 Å². The summed E-state index contributed by atoms with van der Waals surface area (Å²) < 4.78 is 36.9. The van der Waals surface area contributed by atoms with Crippen LogP contribution in [-0.4, -0.2) is 27.0 Å². The van der Waals surface area contributed by atoms with Gasteiger partial charge in [-0.2, -0.15) is 0 Å². The molecule has 1 aliphatic rings. The number of ether oxygens (including phenoxy) is 2. The predicted octanol–water partition coefficient (Wildman–Crippen LogP) is 0.572. The lowest BCUT2D eigenvalue weighted by molar-refractivity contribution is 0.174. The number of hydrogen-bond acceptors (Lipinski definition) is 5. The fraction of sp³-hybridized carbons (Fsp3) is 0.500. The van der Waals surface area contributed by atoms with E-state index in [1.807, 2.05) is 0 Å². The number of benzene rings is 1. The van der Waals surface area contributed by atoms with Gasteiger partial charge in [-0.25, -0.2) is 13.1 Å². The average molecular weight is 286 g/mol. The van der Waals surface area contributed by atoms with Gasteiger partial charge >= 0.3 is 0 Å². The smallest absolute Gasteiger partial charge is 0.231 e. The van der Waals surface area contributed by atoms with E-state index in [0.717, 1.165) is 5.56 Å². The van der Waals surface area contributed by atoms with E-state index < -0.39 is 15.3 Å². The molecule has 0 saturated carbocycles. The average Bonchev–Trinajstić information content (AvgIpc) is 2.85. The van der Waals surface area contributed by atoms with Crippen molar-refractivity contribution < 1.29 is 17.9 Å². The summed E-state index contributed by atoms with van der Waals surface area (Å²) in [6.45, 7) is 2.34. The summed E-state index contributed by atoms with van der Waals surface area (Å²) in [5.41, 5.74) is 6.28. The second-order valence-electron chi connectivity index (χ2n) is 4.32. The van der Waals surface area contributed by atoms with Crippen LogP contribution in [-0.2, 0) is 16.6 Å². The molecule has 6 nitrogen and oxygen atoms in total. The van der Waals surface area contributed by atoms with Crippen LogP contribution in [0.3, 0.4) is 0 Å². The molecule has 1 atom stereocenters. The largest absolute Gasteiger partial charge is 0.454 e. The van der Waals surface area contributed by atoms with Gasteiger partial charge < -0.3 is 15.2 Å². The fourth-order valence-corrected chi connectivity index (χ4v) is 3.16. The van der Waals surface area contributed by atoms with E-state index in [0.29, 0.717) is 17.9 Å². The van der Waals surface area contributed by atoms with Gasteiger partial charge in [-0.3, -0.25) is 0 Å². The van der Waals surface area contributed by atoms with Crippen molar-refractivity contribution in [2.45, 2.75) is 25.1 Å². The van der Waals surface area contributed by atoms with Gasteiger partial charge in [0.15, 0.2) is 11.5 Å². The highest BCUT2D eigenvalue weighted by Gasteiger charge is 2.22. The first-order valence-electron chi connectivity index (χ1n) is 6.14. The molecule has 0 spiro atoms. The normalized spacial score (nSPS) is 15.5. The number of nitrogens with two attached hydrogens (primary N) is 1. The van der Waals surface area contributed by atoms with Gasteiger partial charge in [0.05, 0.1) is 5.25 Å². The van der Waals surface area contributed by atoms with Gasteiger partial charge in [0.1, 0.15) is 0 Å². The van der Waals surface area contributed by atoms with Gasteiger partial charge in [-0.05, 0) is 24.1 Å². The Morgan fingerprint density at radius 1 is 1.37 bits per heavy atom. The first kappa shape index (κ1) is 14.1. The highest BCUT2D eigenvalue weighted by Crippen LogP contribution is 2.32. The highest BCUT2D eigenvalue weighted by atomic mass is 32.2. The minimum absolute atomic E-state index is 0.118. The zero-order valence-electron chi connectivity index (χ0n) is 10.8. The van der Waals surface area contributed by atoms with E-state index in [1.165, 1.54) is 0 Å². The van der Waals surface area contributed by atoms with E-state index in [4.69, 9.17) is 15.2 Å². The minimum Gasteiger partial charge on any atom is -0.454 e. The topological polar surface area (TPSA) is 90.7 Å². The van der Waals surface area contributed by atoms with Crippen molar-refractivity contribution in [3.05, 3.63) is 23.8 Å². The Balaban J connectivity index is 2.03. The number of fused-ring (bicyclic) bond motifs is 1. The van der Waals surface area contributed by atoms with Gasteiger partial charge in [0, 0.05) is 13.1 Å². The van der Waals surface area contributed by atoms with Crippen LogP contribution in [0.1, 0.15) is 18.9 Å². The highest BCUT2D eigenvalue weighted by molar-refractivity contribution is 7.90. The molecule has 1 unspecified atom stereocenters. The SMILES string of the molecule is CCC(CN)S(=O)(=O)NCc1ccc2c(c1)OCO2. The van der Waals surface area contributed by atoms with E-state index in [2.05, 4.69) is 4.72 Å². The molecule has 0 amide bonds. The Morgan fingerprint density at radius 3 is 2.79 bits per heavy atom. The molecule has 19 heavy (non-hydrogen) atoms. The molecule has 0 radical (unpaired) electrons. The quantitative estimate of drug-likeness (QED) is 0.798. The molecule has 1 aromatic carbocycles. The standard InChI is InChI=1S/C12H18N2O4S/c1-2-10(6-13)19(15,16)14-7-9-3-4-11-12(5-9)18-8-17-11/h3-5,10,14H,2,6-8,13H2,1H3. The molecule has 3 N–H and O–H groups in total. The third kappa shape index (κ3) is 3.17. The van der Waals surface area contributed by atoms with Crippen molar-refractivity contribution >= 4 is 10.0 Å². The van der Waals surface area contributed by atoms with Crippen LogP contribution in [0.5, 0.6) is 11.5 Å². The summed E-state index contributed by atoms with van der Waals surface area (Å²) in [7, 11) is -3.38. The molecule has 0 saturated heterocycles. The molecule has 1 heterocycles. The second-order valence-corrected chi connectivity index (χ2v) is 6.37. The third-order valence-corrected chi connectivity index (χ3v) is 5.02. The molecule has 0 aliphatic carbocycles. The summed E-state index contributed by atoms with van der Waals surface area (Å²) in [6, 6.07) is 5.35. The van der Waals surface area contributed by atoms with Crippen LogP contribution in [0.15, 0.2) is 18.2 Å². The predicted molar refractivity (Wildman–Crippen MR) is 71.5 cm³/mol. The van der Waals surface area contributed by atoms with Crippen LogP contribution < -0.4 is 19.9 Å². The number of rotatable bonds is 6. The lowest BCUT2D eigenvalue weighted by Gasteiger charge is -2.14. The summed E-state index contributed by atoms with van der Waals surface area (Å²) in [6.07, 6.45) is 0.493. The summed E-state index contributed by atoms with van der Waals surface area (Å²) in [4.78, 5) is 0. The van der Waals surface area contributed by atoms with Crippen molar-refractivity contribution in [1.82, 2.24) is 4.72 Å². The fourth-order valence-electron chi connectivity index (χ4n) is 1.87.